The Kier molecular flexibility index (Phi) is 17.6. The van der Waals surface area contributed by atoms with Crippen molar-refractivity contribution >= 4 is 0 Å². The van der Waals surface area contributed by atoms with Crippen molar-refractivity contribution in [2.75, 3.05) is 14.1 Å². The van der Waals surface area contributed by atoms with Crippen molar-refractivity contribution < 1.29 is 41.4 Å². The number of rotatable bonds is 11. The fourth-order valence-electron chi connectivity index (χ4n) is 2.91. The van der Waals surface area contributed by atoms with Gasteiger partial charge in [0.1, 0.15) is 0 Å². The second-order valence-electron chi connectivity index (χ2n) is 6.41. The number of nitrogens with zero attached hydrogens (tertiary/aromatic N) is 1. The molecule has 0 saturated heterocycles. The molecule has 128 valence electrons. The Bertz CT molecular complexity index is 378. The largest absolute Gasteiger partial charge is 1.00 e. The Morgan fingerprint density at radius 3 is 1.91 bits per heavy atom. The zero-order valence-electron chi connectivity index (χ0n) is 17.0. The van der Waals surface area contributed by atoms with Gasteiger partial charge in [-0.3, -0.25) is 0 Å². The fraction of sp³-hybridized carbons (Fsp3) is 0.650. The molecule has 0 radical (unpaired) electrons. The molecule has 1 aromatic carbocycles. The normalized spacial score (nSPS) is 10.1. The van der Waals surface area contributed by atoms with Crippen LogP contribution in [0.1, 0.15) is 77.8 Å². The van der Waals surface area contributed by atoms with Gasteiger partial charge in [-0.1, -0.05) is 71.3 Å². The van der Waals surface area contributed by atoms with Gasteiger partial charge in [0, 0.05) is 21.1 Å². The van der Waals surface area contributed by atoms with Crippen molar-refractivity contribution in [2.45, 2.75) is 71.8 Å². The summed E-state index contributed by atoms with van der Waals surface area (Å²) >= 11 is 0. The molecule has 0 N–H and O–H groups in total. The van der Waals surface area contributed by atoms with Crippen LogP contribution in [0.3, 0.4) is 0 Å². The van der Waals surface area contributed by atoms with Crippen molar-refractivity contribution in [1.29, 1.82) is 0 Å². The van der Waals surface area contributed by atoms with E-state index < -0.39 is 0 Å². The Balaban J connectivity index is -0.00000147. The van der Waals surface area contributed by atoms with E-state index in [1.165, 1.54) is 62.5 Å². The Morgan fingerprint density at radius 1 is 0.913 bits per heavy atom. The maximum absolute atomic E-state index is 2.34. The zero-order valence-corrected chi connectivity index (χ0v) is 18.0. The third-order valence-corrected chi connectivity index (χ3v) is 4.05. The van der Waals surface area contributed by atoms with Crippen LogP contribution in [0, 0.1) is 5.92 Å². The van der Waals surface area contributed by atoms with Crippen molar-refractivity contribution in [1.82, 2.24) is 4.90 Å². The van der Waals surface area contributed by atoms with E-state index in [0.717, 1.165) is 6.54 Å². The Labute approximate surface area is 172 Å². The quantitative estimate of drug-likeness (QED) is 0.318. The van der Waals surface area contributed by atoms with Gasteiger partial charge in [-0.25, -0.2) is 0 Å². The van der Waals surface area contributed by atoms with E-state index in [2.05, 4.69) is 57.1 Å². The summed E-state index contributed by atoms with van der Waals surface area (Å²) in [6.45, 7) is 5.62. The minimum Gasteiger partial charge on any atom is -1.00 e. The van der Waals surface area contributed by atoms with Gasteiger partial charge in [-0.15, -0.1) is 17.7 Å². The van der Waals surface area contributed by atoms with Gasteiger partial charge in [-0.05, 0) is 20.6 Å². The molecule has 0 saturated carbocycles. The van der Waals surface area contributed by atoms with Crippen molar-refractivity contribution in [3.63, 3.8) is 0 Å². The monoisotopic (exact) mass is 394 g/mol. The van der Waals surface area contributed by atoms with Gasteiger partial charge in [-0.2, -0.15) is 17.5 Å². The standard InChI is InChI=1S/C20H34N.Li.Mo.H/c1-5-7-9-13-18(14-10-8-6-2)20-16-12-11-15-19(20)17-21(3)4;;;/h11-12,15-16H,5-10,13-14,17H2,1-4H3;;;/q-1;+1;;-1. The first-order valence-electron chi connectivity index (χ1n) is 8.76. The molecule has 23 heavy (non-hydrogen) atoms. The van der Waals surface area contributed by atoms with Crippen LogP contribution in [0.2, 0.25) is 0 Å². The maximum Gasteiger partial charge on any atom is 1.00 e. The molecule has 0 unspecified atom stereocenters. The second kappa shape index (κ2) is 15.8. The van der Waals surface area contributed by atoms with Crippen LogP contribution in [-0.2, 0) is 27.6 Å². The molecule has 0 amide bonds. The summed E-state index contributed by atoms with van der Waals surface area (Å²) in [5.41, 5.74) is 3.02. The molecule has 0 spiro atoms. The molecule has 0 aromatic heterocycles. The summed E-state index contributed by atoms with van der Waals surface area (Å²) in [7, 11) is 4.31. The van der Waals surface area contributed by atoms with Crippen LogP contribution in [0.4, 0.5) is 0 Å². The van der Waals surface area contributed by atoms with Crippen LogP contribution in [0.25, 0.3) is 0 Å². The van der Waals surface area contributed by atoms with E-state index in [1.807, 2.05) is 0 Å². The number of unbranched alkanes of at least 4 members (excludes halogenated alkanes) is 4. The molecule has 3 heteroatoms. The van der Waals surface area contributed by atoms with E-state index in [4.69, 9.17) is 0 Å². The molecular formula is C20H35LiMoN-. The maximum atomic E-state index is 2.34. The smallest absolute Gasteiger partial charge is 1.00 e. The van der Waals surface area contributed by atoms with Crippen LogP contribution in [-0.4, -0.2) is 19.0 Å². The molecule has 1 aromatic rings. The summed E-state index contributed by atoms with van der Waals surface area (Å²) in [6, 6.07) is 9.02. The van der Waals surface area contributed by atoms with E-state index in [9.17, 15) is 0 Å². The first kappa shape index (κ1) is 25.6. The predicted molar refractivity (Wildman–Crippen MR) is 95.6 cm³/mol. The number of hydrogen-bond donors (Lipinski definition) is 0. The van der Waals surface area contributed by atoms with Gasteiger partial charge in [0.05, 0.1) is 0 Å². The van der Waals surface area contributed by atoms with Crippen molar-refractivity contribution in [2.24, 2.45) is 0 Å². The van der Waals surface area contributed by atoms with Gasteiger partial charge >= 0.3 is 18.9 Å². The van der Waals surface area contributed by atoms with E-state index in [0.29, 0.717) is 0 Å². The molecule has 1 nitrogen and oxygen atoms in total. The summed E-state index contributed by atoms with van der Waals surface area (Å²) in [5, 5.41) is 0. The summed E-state index contributed by atoms with van der Waals surface area (Å²) in [6.07, 6.45) is 10.6. The topological polar surface area (TPSA) is 3.24 Å². The molecule has 0 bridgehead atoms. The van der Waals surface area contributed by atoms with Crippen molar-refractivity contribution in [3.8, 4) is 0 Å². The third kappa shape index (κ3) is 10.7. The van der Waals surface area contributed by atoms with Crippen LogP contribution < -0.4 is 18.9 Å². The van der Waals surface area contributed by atoms with Crippen molar-refractivity contribution in [3.05, 3.63) is 41.3 Å². The molecule has 1 rings (SSSR count). The van der Waals surface area contributed by atoms with E-state index >= 15 is 0 Å². The SMILES string of the molecule is CCCCC[C-](CCCCC)c1ccccc1CN(C)C.[H-].[Li+].[Mo]. The average molecular weight is 392 g/mol. The van der Waals surface area contributed by atoms with E-state index in [1.54, 1.807) is 5.92 Å². The summed E-state index contributed by atoms with van der Waals surface area (Å²) in [4.78, 5) is 2.27. The first-order valence-corrected chi connectivity index (χ1v) is 8.76. The molecule has 0 heterocycles. The third-order valence-electron chi connectivity index (χ3n) is 4.05. The summed E-state index contributed by atoms with van der Waals surface area (Å²) < 4.78 is 0. The Hall–Kier alpha value is 0.336. The predicted octanol–water partition coefficient (Wildman–Crippen LogP) is 2.95. The van der Waals surface area contributed by atoms with Gasteiger partial charge in [0.2, 0.25) is 0 Å². The fourth-order valence-corrected chi connectivity index (χ4v) is 2.91. The minimum absolute atomic E-state index is 0. The molecule has 0 atom stereocenters. The molecule has 0 aliphatic heterocycles. The number of hydrogen-bond acceptors (Lipinski definition) is 1. The van der Waals surface area contributed by atoms with Crippen LogP contribution in [0.15, 0.2) is 24.3 Å². The number of benzene rings is 1. The second-order valence-corrected chi connectivity index (χ2v) is 6.41. The molecular weight excluding hydrogens is 357 g/mol. The van der Waals surface area contributed by atoms with Gasteiger partial charge in [0.25, 0.3) is 0 Å². The van der Waals surface area contributed by atoms with E-state index in [-0.39, 0.29) is 41.4 Å². The minimum atomic E-state index is 0. The van der Waals surface area contributed by atoms with Gasteiger partial charge in [0.15, 0.2) is 0 Å². The Morgan fingerprint density at radius 2 is 1.43 bits per heavy atom. The van der Waals surface area contributed by atoms with Gasteiger partial charge < -0.3 is 6.33 Å². The zero-order chi connectivity index (χ0) is 15.5. The average Bonchev–Trinajstić information content (AvgIpc) is 2.46. The molecule has 0 aliphatic carbocycles. The molecule has 0 aliphatic rings. The molecule has 0 fully saturated rings. The van der Waals surface area contributed by atoms with Crippen LogP contribution in [0.5, 0.6) is 0 Å². The van der Waals surface area contributed by atoms with Crippen LogP contribution >= 0.6 is 0 Å². The summed E-state index contributed by atoms with van der Waals surface area (Å²) in [5.74, 6) is 1.69. The first-order chi connectivity index (χ1) is 10.2.